The third-order valence-corrected chi connectivity index (χ3v) is 6.69. The van der Waals surface area contributed by atoms with Gasteiger partial charge in [0, 0.05) is 24.0 Å². The van der Waals surface area contributed by atoms with Crippen LogP contribution in [0.5, 0.6) is 0 Å². The molecule has 142 valence electrons. The molecule has 7 heteroatoms. The molecule has 0 radical (unpaired) electrons. The number of nitrogens with zero attached hydrogens (tertiary/aromatic N) is 3. The van der Waals surface area contributed by atoms with Crippen molar-refractivity contribution in [2.24, 2.45) is 11.8 Å². The Morgan fingerprint density at radius 2 is 1.64 bits per heavy atom. The van der Waals surface area contributed by atoms with Crippen LogP contribution in [0, 0.1) is 11.8 Å². The Kier molecular flexibility index (Phi) is 4.12. The number of hydrogen-bond donors (Lipinski definition) is 0. The van der Waals surface area contributed by atoms with E-state index in [-0.39, 0.29) is 35.6 Å². The van der Waals surface area contributed by atoms with Crippen LogP contribution in [0.1, 0.15) is 23.3 Å². The number of amides is 3. The lowest BCUT2D eigenvalue weighted by molar-refractivity contribution is -0.145. The number of allylic oxidation sites excluding steroid dienone is 2. The van der Waals surface area contributed by atoms with E-state index in [1.807, 2.05) is 42.5 Å². The Morgan fingerprint density at radius 1 is 1.00 bits per heavy atom. The van der Waals surface area contributed by atoms with Crippen LogP contribution in [0.15, 0.2) is 47.9 Å². The van der Waals surface area contributed by atoms with Crippen LogP contribution in [-0.4, -0.2) is 51.6 Å². The Hall–Kier alpha value is -2.80. The first-order chi connectivity index (χ1) is 13.6. The first kappa shape index (κ1) is 17.3. The van der Waals surface area contributed by atoms with Crippen molar-refractivity contribution < 1.29 is 14.4 Å². The molecule has 1 aromatic carbocycles. The zero-order chi connectivity index (χ0) is 19.3. The summed E-state index contributed by atoms with van der Waals surface area (Å²) in [5, 5.41) is 2.58. The zero-order valence-corrected chi connectivity index (χ0v) is 16.0. The van der Waals surface area contributed by atoms with Gasteiger partial charge in [0.15, 0.2) is 0 Å². The van der Waals surface area contributed by atoms with E-state index in [1.54, 1.807) is 10.3 Å². The van der Waals surface area contributed by atoms with Crippen molar-refractivity contribution in [1.29, 1.82) is 0 Å². The number of thiazole rings is 1. The van der Waals surface area contributed by atoms with Gasteiger partial charge in [-0.3, -0.25) is 19.3 Å². The van der Waals surface area contributed by atoms with E-state index < -0.39 is 0 Å². The number of carbonyl (C=O) groups excluding carboxylic acids is 3. The van der Waals surface area contributed by atoms with E-state index in [0.29, 0.717) is 31.6 Å². The highest BCUT2D eigenvalue weighted by Gasteiger charge is 2.52. The number of hydrogen-bond acceptors (Lipinski definition) is 5. The van der Waals surface area contributed by atoms with Gasteiger partial charge in [0.2, 0.25) is 11.8 Å². The van der Waals surface area contributed by atoms with Gasteiger partial charge in [0.1, 0.15) is 10.7 Å². The molecular formula is C21H19N3O3S. The summed E-state index contributed by atoms with van der Waals surface area (Å²) in [5.74, 6) is -0.718. The maximum absolute atomic E-state index is 12.7. The van der Waals surface area contributed by atoms with Crippen LogP contribution in [0.25, 0.3) is 10.6 Å². The lowest BCUT2D eigenvalue weighted by atomic mass is 9.85. The summed E-state index contributed by atoms with van der Waals surface area (Å²) >= 11 is 1.44. The first-order valence-corrected chi connectivity index (χ1v) is 10.3. The standard InChI is InChI=1S/C21H19N3O3S/c25-19-15-8-4-5-9-16(15)20(26)24(19)14-10-23(11-14)21(27)17-12-28-18(22-17)13-6-2-1-3-7-13/h1-7,12,14-16H,8-11H2/t15-,16-/m0/s1. The molecule has 3 amide bonds. The average molecular weight is 393 g/mol. The van der Waals surface area contributed by atoms with Crippen molar-refractivity contribution in [2.75, 3.05) is 13.1 Å². The predicted molar refractivity (Wildman–Crippen MR) is 104 cm³/mol. The molecule has 3 aliphatic rings. The van der Waals surface area contributed by atoms with E-state index in [9.17, 15) is 14.4 Å². The highest BCUT2D eigenvalue weighted by atomic mass is 32.1. The monoisotopic (exact) mass is 393 g/mol. The molecule has 0 spiro atoms. The molecule has 3 heterocycles. The maximum Gasteiger partial charge on any atom is 0.273 e. The Bertz CT molecular complexity index is 952. The van der Waals surface area contributed by atoms with Crippen molar-refractivity contribution >= 4 is 29.1 Å². The van der Waals surface area contributed by atoms with Gasteiger partial charge in [0.05, 0.1) is 17.9 Å². The van der Waals surface area contributed by atoms with Gasteiger partial charge in [-0.2, -0.15) is 0 Å². The summed E-state index contributed by atoms with van der Waals surface area (Å²) < 4.78 is 0. The van der Waals surface area contributed by atoms with Crippen molar-refractivity contribution in [3.63, 3.8) is 0 Å². The number of rotatable bonds is 3. The van der Waals surface area contributed by atoms with Crippen LogP contribution < -0.4 is 0 Å². The Labute approximate surface area is 166 Å². The third kappa shape index (κ3) is 2.69. The smallest absolute Gasteiger partial charge is 0.273 e. The minimum atomic E-state index is -0.214. The van der Waals surface area contributed by atoms with Gasteiger partial charge in [-0.25, -0.2) is 4.98 Å². The summed E-state index contributed by atoms with van der Waals surface area (Å²) in [6, 6.07) is 9.54. The summed E-state index contributed by atoms with van der Waals surface area (Å²) in [6.45, 7) is 0.781. The second kappa shape index (κ2) is 6.67. The highest BCUT2D eigenvalue weighted by molar-refractivity contribution is 7.13. The predicted octanol–water partition coefficient (Wildman–Crippen LogP) is 2.59. The fourth-order valence-corrected chi connectivity index (χ4v) is 5.02. The molecule has 2 aliphatic heterocycles. The van der Waals surface area contributed by atoms with Gasteiger partial charge in [-0.15, -0.1) is 11.3 Å². The molecule has 1 aliphatic carbocycles. The normalized spacial score (nSPS) is 24.4. The van der Waals surface area contributed by atoms with Crippen molar-refractivity contribution in [3.8, 4) is 10.6 Å². The van der Waals surface area contributed by atoms with Crippen LogP contribution in [0.2, 0.25) is 0 Å². The van der Waals surface area contributed by atoms with E-state index in [4.69, 9.17) is 0 Å². The largest absolute Gasteiger partial charge is 0.333 e. The Balaban J connectivity index is 1.25. The molecule has 0 bridgehead atoms. The topological polar surface area (TPSA) is 70.6 Å². The molecule has 2 saturated heterocycles. The molecule has 0 saturated carbocycles. The van der Waals surface area contributed by atoms with Gasteiger partial charge in [-0.1, -0.05) is 42.5 Å². The minimum absolute atomic E-state index is 0.0727. The number of imide groups is 1. The molecule has 1 aromatic heterocycles. The highest BCUT2D eigenvalue weighted by Crippen LogP contribution is 2.37. The number of carbonyl (C=O) groups is 3. The average Bonchev–Trinajstić information content (AvgIpc) is 3.28. The lowest BCUT2D eigenvalue weighted by Crippen LogP contribution is -2.62. The maximum atomic E-state index is 12.7. The number of aromatic nitrogens is 1. The molecule has 2 atom stereocenters. The molecule has 5 rings (SSSR count). The number of likely N-dealkylation sites (tertiary alicyclic amines) is 2. The van der Waals surface area contributed by atoms with Crippen molar-refractivity contribution in [2.45, 2.75) is 18.9 Å². The Morgan fingerprint density at radius 3 is 2.29 bits per heavy atom. The van der Waals surface area contributed by atoms with E-state index in [2.05, 4.69) is 4.98 Å². The zero-order valence-electron chi connectivity index (χ0n) is 15.2. The number of fused-ring (bicyclic) bond motifs is 1. The van der Waals surface area contributed by atoms with Gasteiger partial charge in [-0.05, 0) is 12.8 Å². The van der Waals surface area contributed by atoms with Crippen LogP contribution in [0.3, 0.4) is 0 Å². The van der Waals surface area contributed by atoms with Gasteiger partial charge < -0.3 is 4.90 Å². The second-order valence-electron chi connectivity index (χ2n) is 7.47. The van der Waals surface area contributed by atoms with Crippen molar-refractivity contribution in [3.05, 3.63) is 53.6 Å². The van der Waals surface area contributed by atoms with Crippen molar-refractivity contribution in [1.82, 2.24) is 14.8 Å². The molecule has 0 unspecified atom stereocenters. The van der Waals surface area contributed by atoms with E-state index in [0.717, 1.165) is 10.6 Å². The molecular weight excluding hydrogens is 374 g/mol. The summed E-state index contributed by atoms with van der Waals surface area (Å²) in [6.07, 6.45) is 5.25. The molecule has 6 nitrogen and oxygen atoms in total. The third-order valence-electron chi connectivity index (χ3n) is 5.80. The summed E-state index contributed by atoms with van der Waals surface area (Å²) in [5.41, 5.74) is 1.40. The second-order valence-corrected chi connectivity index (χ2v) is 8.33. The van der Waals surface area contributed by atoms with Crippen LogP contribution in [-0.2, 0) is 9.59 Å². The first-order valence-electron chi connectivity index (χ1n) is 9.45. The quantitative estimate of drug-likeness (QED) is 0.594. The van der Waals surface area contributed by atoms with E-state index >= 15 is 0 Å². The number of benzene rings is 1. The van der Waals surface area contributed by atoms with Crippen LogP contribution in [0.4, 0.5) is 0 Å². The molecule has 0 N–H and O–H groups in total. The summed E-state index contributed by atoms with van der Waals surface area (Å²) in [7, 11) is 0. The van der Waals surface area contributed by atoms with Gasteiger partial charge >= 0.3 is 0 Å². The SMILES string of the molecule is O=C(c1csc(-c2ccccc2)n1)N1CC(N2C(=O)[C@H]3CC=CC[C@@H]3C2=O)C1. The molecule has 2 fully saturated rings. The molecule has 28 heavy (non-hydrogen) atoms. The van der Waals surface area contributed by atoms with E-state index in [1.165, 1.54) is 16.2 Å². The fraction of sp³-hybridized carbons (Fsp3) is 0.333. The summed E-state index contributed by atoms with van der Waals surface area (Å²) in [4.78, 5) is 45.6. The lowest BCUT2D eigenvalue weighted by Gasteiger charge is -2.42. The minimum Gasteiger partial charge on any atom is -0.333 e. The molecule has 2 aromatic rings. The van der Waals surface area contributed by atoms with Crippen LogP contribution >= 0.6 is 11.3 Å². The fourth-order valence-electron chi connectivity index (χ4n) is 4.22. The van der Waals surface area contributed by atoms with Gasteiger partial charge in [0.25, 0.3) is 5.91 Å².